The first-order valence-electron chi connectivity index (χ1n) is 7.05. The maximum absolute atomic E-state index is 6.03. The molecule has 3 rings (SSSR count). The van der Waals surface area contributed by atoms with E-state index < -0.39 is 0 Å². The molecule has 0 saturated heterocycles. The summed E-state index contributed by atoms with van der Waals surface area (Å²) >= 11 is 0. The number of aromatic nitrogens is 2. The van der Waals surface area contributed by atoms with Gasteiger partial charge in [-0.25, -0.2) is 4.98 Å². The van der Waals surface area contributed by atoms with Crippen molar-refractivity contribution in [2.24, 2.45) is 0 Å². The molecule has 1 aromatic heterocycles. The lowest BCUT2D eigenvalue weighted by atomic mass is 10.2. The summed E-state index contributed by atoms with van der Waals surface area (Å²) in [5.41, 5.74) is 1.99. The van der Waals surface area contributed by atoms with E-state index in [1.54, 1.807) is 7.11 Å². The molecular weight excluding hydrogens is 264 g/mol. The third-order valence-electron chi connectivity index (χ3n) is 3.42. The van der Waals surface area contributed by atoms with E-state index in [4.69, 9.17) is 9.47 Å². The van der Waals surface area contributed by atoms with Gasteiger partial charge in [-0.05, 0) is 42.8 Å². The van der Waals surface area contributed by atoms with E-state index in [1.165, 1.54) is 0 Å². The molecule has 3 aromatic rings. The van der Waals surface area contributed by atoms with Gasteiger partial charge in [0.05, 0.1) is 18.1 Å². The van der Waals surface area contributed by atoms with Crippen molar-refractivity contribution in [3.63, 3.8) is 0 Å². The fraction of sp³-hybridized carbons (Fsp3) is 0.235. The Morgan fingerprint density at radius 3 is 2.43 bits per heavy atom. The van der Waals surface area contributed by atoms with Crippen LogP contribution in [0.5, 0.6) is 11.5 Å². The van der Waals surface area contributed by atoms with Crippen molar-refractivity contribution in [1.82, 2.24) is 9.97 Å². The van der Waals surface area contributed by atoms with Crippen LogP contribution in [0.15, 0.2) is 48.5 Å². The molecule has 0 unspecified atom stereocenters. The average Bonchev–Trinajstić information content (AvgIpc) is 2.97. The first-order valence-corrected chi connectivity index (χ1v) is 7.05. The van der Waals surface area contributed by atoms with E-state index in [1.807, 2.05) is 48.5 Å². The van der Waals surface area contributed by atoms with Gasteiger partial charge in [0.15, 0.2) is 6.10 Å². The second-order valence-electron chi connectivity index (χ2n) is 4.83. The van der Waals surface area contributed by atoms with Gasteiger partial charge < -0.3 is 14.5 Å². The summed E-state index contributed by atoms with van der Waals surface area (Å²) in [5.74, 6) is 2.48. The minimum Gasteiger partial charge on any atom is -0.497 e. The molecule has 1 atom stereocenters. The number of para-hydroxylation sites is 2. The van der Waals surface area contributed by atoms with E-state index in [-0.39, 0.29) is 6.10 Å². The minimum absolute atomic E-state index is 0.0919. The van der Waals surface area contributed by atoms with Gasteiger partial charge in [0, 0.05) is 0 Å². The number of hydrogen-bond donors (Lipinski definition) is 1. The van der Waals surface area contributed by atoms with E-state index in [2.05, 4.69) is 16.9 Å². The number of ether oxygens (including phenoxy) is 2. The molecule has 1 N–H and O–H groups in total. The Balaban J connectivity index is 1.83. The maximum atomic E-state index is 6.03. The number of hydrogen-bond acceptors (Lipinski definition) is 3. The quantitative estimate of drug-likeness (QED) is 0.766. The molecule has 21 heavy (non-hydrogen) atoms. The number of nitrogens with one attached hydrogen (secondary N) is 1. The molecule has 0 saturated carbocycles. The zero-order chi connectivity index (χ0) is 14.7. The van der Waals surface area contributed by atoms with Gasteiger partial charge in [0.1, 0.15) is 17.3 Å². The van der Waals surface area contributed by atoms with Crippen LogP contribution in [-0.4, -0.2) is 17.1 Å². The Hall–Kier alpha value is -2.49. The molecule has 0 spiro atoms. The summed E-state index contributed by atoms with van der Waals surface area (Å²) in [4.78, 5) is 7.94. The van der Waals surface area contributed by atoms with Crippen molar-refractivity contribution in [1.29, 1.82) is 0 Å². The lowest BCUT2D eigenvalue weighted by molar-refractivity contribution is 0.192. The number of rotatable bonds is 5. The van der Waals surface area contributed by atoms with Gasteiger partial charge in [-0.2, -0.15) is 0 Å². The van der Waals surface area contributed by atoms with Crippen molar-refractivity contribution in [3.8, 4) is 11.5 Å². The molecule has 108 valence electrons. The molecule has 4 nitrogen and oxygen atoms in total. The fourth-order valence-corrected chi connectivity index (χ4v) is 2.28. The number of benzene rings is 2. The number of nitrogens with zero attached hydrogens (tertiary/aromatic N) is 1. The second kappa shape index (κ2) is 5.87. The van der Waals surface area contributed by atoms with Crippen LogP contribution < -0.4 is 9.47 Å². The monoisotopic (exact) mass is 282 g/mol. The molecule has 0 aliphatic heterocycles. The molecule has 0 radical (unpaired) electrons. The number of fused-ring (bicyclic) bond motifs is 1. The van der Waals surface area contributed by atoms with Gasteiger partial charge in [0.25, 0.3) is 0 Å². The highest BCUT2D eigenvalue weighted by Gasteiger charge is 2.15. The first-order chi connectivity index (χ1) is 10.3. The third kappa shape index (κ3) is 2.84. The molecule has 0 aliphatic carbocycles. The highest BCUT2D eigenvalue weighted by atomic mass is 16.5. The molecule has 0 bridgehead atoms. The normalized spacial score (nSPS) is 12.3. The van der Waals surface area contributed by atoms with E-state index in [9.17, 15) is 0 Å². The van der Waals surface area contributed by atoms with Crippen molar-refractivity contribution >= 4 is 11.0 Å². The zero-order valence-electron chi connectivity index (χ0n) is 12.2. The standard InChI is InChI=1S/C17H18N2O2/c1-3-16(21-13-10-8-12(20-2)9-11-13)17-18-14-6-4-5-7-15(14)19-17/h4-11,16H,3H2,1-2H3,(H,18,19)/t16-/m0/s1. The lowest BCUT2D eigenvalue weighted by Gasteiger charge is -2.15. The van der Waals surface area contributed by atoms with E-state index in [0.29, 0.717) is 0 Å². The van der Waals surface area contributed by atoms with Crippen LogP contribution in [0.4, 0.5) is 0 Å². The van der Waals surface area contributed by atoms with Crippen molar-refractivity contribution in [3.05, 3.63) is 54.4 Å². The van der Waals surface area contributed by atoms with Crippen LogP contribution in [0.2, 0.25) is 0 Å². The molecule has 0 aliphatic rings. The summed E-state index contributed by atoms with van der Waals surface area (Å²) in [5, 5.41) is 0. The van der Waals surface area contributed by atoms with Crippen LogP contribution >= 0.6 is 0 Å². The van der Waals surface area contributed by atoms with Gasteiger partial charge in [-0.15, -0.1) is 0 Å². The Labute approximate surface area is 123 Å². The number of aromatic amines is 1. The van der Waals surface area contributed by atoms with Gasteiger partial charge in [0.2, 0.25) is 0 Å². The maximum Gasteiger partial charge on any atom is 0.156 e. The highest BCUT2D eigenvalue weighted by Crippen LogP contribution is 2.26. The molecule has 1 heterocycles. The van der Waals surface area contributed by atoms with Crippen molar-refractivity contribution in [2.45, 2.75) is 19.4 Å². The third-order valence-corrected chi connectivity index (χ3v) is 3.42. The molecule has 4 heteroatoms. The summed E-state index contributed by atoms with van der Waals surface area (Å²) in [6.45, 7) is 2.08. The van der Waals surface area contributed by atoms with Crippen molar-refractivity contribution < 1.29 is 9.47 Å². The first kappa shape index (κ1) is 13.5. The highest BCUT2D eigenvalue weighted by molar-refractivity contribution is 5.74. The average molecular weight is 282 g/mol. The van der Waals surface area contributed by atoms with Crippen molar-refractivity contribution in [2.75, 3.05) is 7.11 Å². The van der Waals surface area contributed by atoms with Gasteiger partial charge in [-0.1, -0.05) is 19.1 Å². The van der Waals surface area contributed by atoms with Crippen LogP contribution in [0.3, 0.4) is 0 Å². The molecular formula is C17H18N2O2. The summed E-state index contributed by atoms with van der Waals surface area (Å²) in [6.07, 6.45) is 0.747. The molecule has 0 amide bonds. The number of imidazole rings is 1. The Kier molecular flexibility index (Phi) is 3.77. The predicted molar refractivity (Wildman–Crippen MR) is 82.7 cm³/mol. The lowest BCUT2D eigenvalue weighted by Crippen LogP contribution is -2.08. The Bertz CT molecular complexity index is 686. The van der Waals surface area contributed by atoms with Crippen LogP contribution in [0.1, 0.15) is 25.3 Å². The summed E-state index contributed by atoms with van der Waals surface area (Å²) in [6, 6.07) is 15.6. The van der Waals surface area contributed by atoms with Crippen LogP contribution in [0, 0.1) is 0 Å². The van der Waals surface area contributed by atoms with E-state index >= 15 is 0 Å². The van der Waals surface area contributed by atoms with Crippen LogP contribution in [-0.2, 0) is 0 Å². The number of methoxy groups -OCH3 is 1. The van der Waals surface area contributed by atoms with E-state index in [0.717, 1.165) is 34.8 Å². The second-order valence-corrected chi connectivity index (χ2v) is 4.83. The molecule has 0 fully saturated rings. The summed E-state index contributed by atoms with van der Waals surface area (Å²) < 4.78 is 11.2. The minimum atomic E-state index is -0.0919. The Morgan fingerprint density at radius 1 is 1.05 bits per heavy atom. The van der Waals surface area contributed by atoms with Gasteiger partial charge in [-0.3, -0.25) is 0 Å². The summed E-state index contributed by atoms with van der Waals surface area (Å²) in [7, 11) is 1.65. The SMILES string of the molecule is CC[C@H](Oc1ccc(OC)cc1)c1nc2ccccc2[nH]1. The van der Waals surface area contributed by atoms with Gasteiger partial charge >= 0.3 is 0 Å². The number of H-pyrrole nitrogens is 1. The molecule has 2 aromatic carbocycles. The largest absolute Gasteiger partial charge is 0.497 e. The van der Waals surface area contributed by atoms with Crippen LogP contribution in [0.25, 0.3) is 11.0 Å². The smallest absolute Gasteiger partial charge is 0.156 e. The topological polar surface area (TPSA) is 47.1 Å². The fourth-order valence-electron chi connectivity index (χ4n) is 2.28. The zero-order valence-corrected chi connectivity index (χ0v) is 12.2. The predicted octanol–water partition coefficient (Wildman–Crippen LogP) is 4.10. The Morgan fingerprint density at radius 2 is 1.76 bits per heavy atom.